The molecule has 5 rings (SSSR count). The van der Waals surface area contributed by atoms with E-state index in [0.29, 0.717) is 0 Å². The van der Waals surface area contributed by atoms with E-state index in [1.165, 1.54) is 6.07 Å². The molecule has 0 spiro atoms. The van der Waals surface area contributed by atoms with Gasteiger partial charge in [-0.1, -0.05) is 36.4 Å². The number of aryl methyl sites for hydroxylation is 1. The fraction of sp³-hybridized carbons (Fsp3) is 0.0909. The Bertz CT molecular complexity index is 1230. The molecule has 1 aliphatic heterocycles. The van der Waals surface area contributed by atoms with E-state index < -0.39 is 0 Å². The molecular weight excluding hydrogens is 366 g/mol. The average Bonchev–Trinajstić information content (AvgIpc) is 3.09. The highest BCUT2D eigenvalue weighted by Gasteiger charge is 2.33. The van der Waals surface area contributed by atoms with Crippen molar-refractivity contribution in [2.45, 2.75) is 12.8 Å². The Morgan fingerprint density at radius 1 is 1.07 bits per heavy atom. The van der Waals surface area contributed by atoms with Crippen LogP contribution < -0.4 is 5.32 Å². The third kappa shape index (κ3) is 2.75. The third-order valence-electron chi connectivity index (χ3n) is 5.20. The van der Waals surface area contributed by atoms with E-state index >= 15 is 0 Å². The zero-order valence-corrected chi connectivity index (χ0v) is 15.6. The van der Waals surface area contributed by atoms with Gasteiger partial charge < -0.3 is 5.32 Å². The minimum Gasteiger partial charge on any atom is -0.324 e. The molecule has 29 heavy (non-hydrogen) atoms. The molecule has 142 valence electrons. The summed E-state index contributed by atoms with van der Waals surface area (Å²) in [5, 5.41) is 19.5. The molecule has 0 aliphatic carbocycles. The molecular formula is C22H17N5O2. The number of para-hydroxylation sites is 1. The minimum atomic E-state index is -0.365. The van der Waals surface area contributed by atoms with Crippen LogP contribution in [0.15, 0.2) is 72.9 Å². The van der Waals surface area contributed by atoms with Gasteiger partial charge in [-0.15, -0.1) is 0 Å². The predicted octanol–water partition coefficient (Wildman–Crippen LogP) is 4.72. The van der Waals surface area contributed by atoms with Crippen LogP contribution in [0, 0.1) is 17.0 Å². The summed E-state index contributed by atoms with van der Waals surface area (Å²) < 4.78 is 1.87. The molecule has 0 bridgehead atoms. The molecule has 7 nitrogen and oxygen atoms in total. The Balaban J connectivity index is 1.76. The molecule has 0 amide bonds. The molecule has 7 heteroatoms. The summed E-state index contributed by atoms with van der Waals surface area (Å²) in [4.78, 5) is 15.5. The van der Waals surface area contributed by atoms with Gasteiger partial charge in [-0.05, 0) is 30.7 Å². The predicted molar refractivity (Wildman–Crippen MR) is 110 cm³/mol. The van der Waals surface area contributed by atoms with Crippen LogP contribution in [0.3, 0.4) is 0 Å². The summed E-state index contributed by atoms with van der Waals surface area (Å²) >= 11 is 0. The van der Waals surface area contributed by atoms with Crippen molar-refractivity contribution in [3.05, 3.63) is 105 Å². The summed E-state index contributed by atoms with van der Waals surface area (Å²) in [6.45, 7) is 1.96. The number of anilines is 2. The molecule has 0 saturated heterocycles. The first-order valence-corrected chi connectivity index (χ1v) is 9.24. The average molecular weight is 383 g/mol. The van der Waals surface area contributed by atoms with Crippen molar-refractivity contribution < 1.29 is 4.92 Å². The highest BCUT2D eigenvalue weighted by Crippen LogP contribution is 2.46. The molecule has 2 aromatic heterocycles. The minimum absolute atomic E-state index is 0.0705. The first kappa shape index (κ1) is 17.1. The summed E-state index contributed by atoms with van der Waals surface area (Å²) in [5.74, 6) is 1.36. The van der Waals surface area contributed by atoms with Crippen molar-refractivity contribution >= 4 is 17.3 Å². The number of hydrogen-bond acceptors (Lipinski definition) is 5. The van der Waals surface area contributed by atoms with Crippen LogP contribution in [0.4, 0.5) is 17.3 Å². The topological polar surface area (TPSA) is 85.9 Å². The smallest absolute Gasteiger partial charge is 0.269 e. The number of non-ortho nitro benzene ring substituents is 1. The van der Waals surface area contributed by atoms with Crippen molar-refractivity contribution in [2.24, 2.45) is 0 Å². The van der Waals surface area contributed by atoms with Gasteiger partial charge in [0.05, 0.1) is 16.3 Å². The second-order valence-electron chi connectivity index (χ2n) is 6.95. The molecule has 0 fully saturated rings. The third-order valence-corrected chi connectivity index (χ3v) is 5.20. The molecule has 1 atom stereocenters. The van der Waals surface area contributed by atoms with Gasteiger partial charge >= 0.3 is 0 Å². The van der Waals surface area contributed by atoms with Crippen molar-refractivity contribution in [3.63, 3.8) is 0 Å². The number of nitro groups is 1. The number of rotatable bonds is 3. The molecule has 0 radical (unpaired) electrons. The lowest BCUT2D eigenvalue weighted by Crippen LogP contribution is -2.17. The van der Waals surface area contributed by atoms with E-state index in [-0.39, 0.29) is 16.5 Å². The number of benzene rings is 2. The van der Waals surface area contributed by atoms with E-state index in [1.807, 2.05) is 60.1 Å². The van der Waals surface area contributed by atoms with E-state index in [0.717, 1.165) is 39.7 Å². The standard InChI is InChI=1S/C22H17N5O2/c1-14-19-20(15-7-5-10-17(13-15)27(28)29)18-11-6-12-23-21(18)24-22(19)26(25-14)16-8-3-2-4-9-16/h2-13,20H,1H3,(H,23,24). The Kier molecular flexibility index (Phi) is 3.87. The van der Waals surface area contributed by atoms with Crippen LogP contribution >= 0.6 is 0 Å². The first-order valence-electron chi connectivity index (χ1n) is 9.24. The summed E-state index contributed by atoms with van der Waals surface area (Å²) in [7, 11) is 0. The highest BCUT2D eigenvalue weighted by atomic mass is 16.6. The van der Waals surface area contributed by atoms with Crippen LogP contribution in [0.2, 0.25) is 0 Å². The molecule has 3 heterocycles. The quantitative estimate of drug-likeness (QED) is 0.360. The van der Waals surface area contributed by atoms with Gasteiger partial charge in [-0.3, -0.25) is 10.1 Å². The van der Waals surface area contributed by atoms with Crippen LogP contribution in [-0.2, 0) is 0 Å². The van der Waals surface area contributed by atoms with E-state index in [2.05, 4.69) is 10.3 Å². The van der Waals surface area contributed by atoms with Crippen LogP contribution in [0.25, 0.3) is 5.69 Å². The summed E-state index contributed by atoms with van der Waals surface area (Å²) in [6, 6.07) is 20.5. The van der Waals surface area contributed by atoms with Gasteiger partial charge in [0.1, 0.15) is 11.6 Å². The molecule has 2 aromatic carbocycles. The lowest BCUT2D eigenvalue weighted by Gasteiger charge is -2.27. The van der Waals surface area contributed by atoms with Gasteiger partial charge in [0, 0.05) is 35.4 Å². The summed E-state index contributed by atoms with van der Waals surface area (Å²) in [6.07, 6.45) is 1.73. The second kappa shape index (κ2) is 6.56. The monoisotopic (exact) mass is 383 g/mol. The molecule has 0 saturated carbocycles. The second-order valence-corrected chi connectivity index (χ2v) is 6.95. The normalized spacial score (nSPS) is 14.6. The van der Waals surface area contributed by atoms with Crippen LogP contribution in [0.5, 0.6) is 0 Å². The van der Waals surface area contributed by atoms with E-state index in [4.69, 9.17) is 5.10 Å². The number of fused-ring (bicyclic) bond motifs is 2. The number of aromatic nitrogens is 3. The molecule has 1 N–H and O–H groups in total. The Labute approximate surface area is 166 Å². The Morgan fingerprint density at radius 3 is 2.69 bits per heavy atom. The maximum absolute atomic E-state index is 11.3. The number of hydrogen-bond donors (Lipinski definition) is 1. The van der Waals surface area contributed by atoms with E-state index in [1.54, 1.807) is 18.3 Å². The SMILES string of the molecule is Cc1nn(-c2ccccc2)c2c1C(c1cccc([N+](=O)[O-])c1)c1cccnc1N2. The van der Waals surface area contributed by atoms with E-state index in [9.17, 15) is 10.1 Å². The van der Waals surface area contributed by atoms with Gasteiger partial charge in [-0.25, -0.2) is 9.67 Å². The van der Waals surface area contributed by atoms with Crippen molar-refractivity contribution in [3.8, 4) is 5.69 Å². The van der Waals surface area contributed by atoms with Crippen molar-refractivity contribution in [1.29, 1.82) is 0 Å². The molecule has 1 aliphatic rings. The van der Waals surface area contributed by atoms with Crippen molar-refractivity contribution in [1.82, 2.24) is 14.8 Å². The number of nitrogens with one attached hydrogen (secondary N) is 1. The zero-order valence-electron chi connectivity index (χ0n) is 15.6. The lowest BCUT2D eigenvalue weighted by molar-refractivity contribution is -0.384. The maximum Gasteiger partial charge on any atom is 0.269 e. The fourth-order valence-electron chi connectivity index (χ4n) is 3.95. The highest BCUT2D eigenvalue weighted by molar-refractivity contribution is 5.73. The van der Waals surface area contributed by atoms with Gasteiger partial charge in [0.25, 0.3) is 5.69 Å². The van der Waals surface area contributed by atoms with Crippen LogP contribution in [0.1, 0.15) is 28.3 Å². The fourth-order valence-corrected chi connectivity index (χ4v) is 3.95. The largest absolute Gasteiger partial charge is 0.324 e. The number of pyridine rings is 1. The Hall–Kier alpha value is -4.00. The number of nitro benzene ring substituents is 1. The van der Waals surface area contributed by atoms with Gasteiger partial charge in [0.15, 0.2) is 0 Å². The molecule has 4 aromatic rings. The lowest BCUT2D eigenvalue weighted by atomic mass is 9.83. The summed E-state index contributed by atoms with van der Waals surface area (Å²) in [5.41, 5.74) is 4.67. The van der Waals surface area contributed by atoms with Gasteiger partial charge in [-0.2, -0.15) is 5.10 Å². The molecule has 1 unspecified atom stereocenters. The Morgan fingerprint density at radius 2 is 1.90 bits per heavy atom. The van der Waals surface area contributed by atoms with Crippen LogP contribution in [-0.4, -0.2) is 19.7 Å². The maximum atomic E-state index is 11.3. The van der Waals surface area contributed by atoms with Crippen molar-refractivity contribution in [2.75, 3.05) is 5.32 Å². The first-order chi connectivity index (χ1) is 14.1. The van der Waals surface area contributed by atoms with Gasteiger partial charge in [0.2, 0.25) is 0 Å². The zero-order chi connectivity index (χ0) is 20.0. The number of nitrogens with zero attached hydrogens (tertiary/aromatic N) is 4.